The molecule has 88 valence electrons. The van der Waals surface area contributed by atoms with E-state index in [0.29, 0.717) is 15.7 Å². The van der Waals surface area contributed by atoms with E-state index < -0.39 is 0 Å². The van der Waals surface area contributed by atoms with Gasteiger partial charge in [0.05, 0.1) is 17.5 Å². The summed E-state index contributed by atoms with van der Waals surface area (Å²) in [5, 5.41) is 11.5. The highest BCUT2D eigenvalue weighted by molar-refractivity contribution is 6.37. The number of nitrogens with zero attached hydrogens (tertiary/aromatic N) is 2. The van der Waals surface area contributed by atoms with Gasteiger partial charge in [-0.1, -0.05) is 40.9 Å². The number of halogens is 3. The summed E-state index contributed by atoms with van der Waals surface area (Å²) in [6.07, 6.45) is 1.48. The Kier molecular flexibility index (Phi) is 3.89. The first-order valence-electron chi connectivity index (χ1n) is 4.61. The van der Waals surface area contributed by atoms with Crippen LogP contribution >= 0.6 is 34.8 Å². The number of H-pyrrole nitrogens is 1. The van der Waals surface area contributed by atoms with Crippen molar-refractivity contribution < 1.29 is 0 Å². The van der Waals surface area contributed by atoms with E-state index in [1.54, 1.807) is 12.1 Å². The van der Waals surface area contributed by atoms with E-state index >= 15 is 0 Å². The lowest BCUT2D eigenvalue weighted by atomic mass is 10.3. The minimum absolute atomic E-state index is 0.270. The van der Waals surface area contributed by atoms with Crippen molar-refractivity contribution in [2.24, 2.45) is 5.10 Å². The molecular weight excluding hydrogens is 282 g/mol. The third kappa shape index (κ3) is 3.12. The molecule has 0 saturated heterocycles. The minimum Gasteiger partial charge on any atom is -0.278 e. The zero-order valence-corrected chi connectivity index (χ0v) is 10.7. The zero-order chi connectivity index (χ0) is 12.3. The summed E-state index contributed by atoms with van der Waals surface area (Å²) in [7, 11) is 0. The van der Waals surface area contributed by atoms with Gasteiger partial charge in [0.15, 0.2) is 5.15 Å². The van der Waals surface area contributed by atoms with Gasteiger partial charge < -0.3 is 0 Å². The van der Waals surface area contributed by atoms with Crippen LogP contribution in [0.1, 0.15) is 5.56 Å². The molecule has 17 heavy (non-hydrogen) atoms. The molecule has 0 aliphatic rings. The van der Waals surface area contributed by atoms with Crippen molar-refractivity contribution in [1.29, 1.82) is 0 Å². The minimum atomic E-state index is 0.270. The van der Waals surface area contributed by atoms with Gasteiger partial charge in [0.1, 0.15) is 5.15 Å². The van der Waals surface area contributed by atoms with E-state index in [4.69, 9.17) is 34.8 Å². The second-order valence-electron chi connectivity index (χ2n) is 3.12. The molecule has 0 bridgehead atoms. The van der Waals surface area contributed by atoms with Crippen LogP contribution in [0.2, 0.25) is 15.3 Å². The number of rotatable bonds is 3. The van der Waals surface area contributed by atoms with E-state index in [0.717, 1.165) is 5.69 Å². The highest BCUT2D eigenvalue weighted by Gasteiger charge is 2.06. The van der Waals surface area contributed by atoms with Gasteiger partial charge in [-0.15, -0.1) is 0 Å². The fourth-order valence-electron chi connectivity index (χ4n) is 1.15. The first-order valence-corrected chi connectivity index (χ1v) is 5.74. The van der Waals surface area contributed by atoms with Crippen LogP contribution in [0.5, 0.6) is 0 Å². The largest absolute Gasteiger partial charge is 0.278 e. The summed E-state index contributed by atoms with van der Waals surface area (Å²) in [5.74, 6) is 0. The molecule has 1 aromatic heterocycles. The number of hydrazone groups is 1. The van der Waals surface area contributed by atoms with Gasteiger partial charge in [-0.2, -0.15) is 10.2 Å². The Morgan fingerprint density at radius 3 is 2.76 bits per heavy atom. The van der Waals surface area contributed by atoms with Crippen LogP contribution in [-0.2, 0) is 0 Å². The number of aromatic amines is 1. The first kappa shape index (κ1) is 12.2. The summed E-state index contributed by atoms with van der Waals surface area (Å²) in [6.45, 7) is 0. The second-order valence-corrected chi connectivity index (χ2v) is 4.29. The van der Waals surface area contributed by atoms with E-state index in [1.165, 1.54) is 6.21 Å². The van der Waals surface area contributed by atoms with Crippen LogP contribution in [0.4, 0.5) is 5.69 Å². The van der Waals surface area contributed by atoms with Crippen LogP contribution in [-0.4, -0.2) is 16.4 Å². The Labute approximate surface area is 113 Å². The van der Waals surface area contributed by atoms with Crippen LogP contribution in [0.25, 0.3) is 0 Å². The van der Waals surface area contributed by atoms with E-state index in [1.807, 2.05) is 12.1 Å². The Bertz CT molecular complexity index is 531. The van der Waals surface area contributed by atoms with Crippen LogP contribution in [0, 0.1) is 0 Å². The molecule has 4 nitrogen and oxygen atoms in total. The molecule has 1 aromatic carbocycles. The van der Waals surface area contributed by atoms with Gasteiger partial charge in [-0.25, -0.2) is 0 Å². The van der Waals surface area contributed by atoms with Gasteiger partial charge in [0.25, 0.3) is 0 Å². The fourth-order valence-corrected chi connectivity index (χ4v) is 1.75. The smallest absolute Gasteiger partial charge is 0.161 e. The van der Waals surface area contributed by atoms with Crippen molar-refractivity contribution in [3.05, 3.63) is 45.2 Å². The highest BCUT2D eigenvalue weighted by atomic mass is 35.5. The number of aromatic nitrogens is 2. The summed E-state index contributed by atoms with van der Waals surface area (Å²) in [4.78, 5) is 0. The van der Waals surface area contributed by atoms with Gasteiger partial charge >= 0.3 is 0 Å². The van der Waals surface area contributed by atoms with E-state index in [-0.39, 0.29) is 5.15 Å². The quantitative estimate of drug-likeness (QED) is 0.667. The second kappa shape index (κ2) is 5.40. The molecule has 1 heterocycles. The summed E-state index contributed by atoms with van der Waals surface area (Å²) >= 11 is 17.4. The zero-order valence-electron chi connectivity index (χ0n) is 8.42. The third-order valence-corrected chi connectivity index (χ3v) is 2.73. The van der Waals surface area contributed by atoms with Crippen molar-refractivity contribution in [2.75, 3.05) is 5.43 Å². The van der Waals surface area contributed by atoms with Crippen molar-refractivity contribution in [1.82, 2.24) is 10.2 Å². The Balaban J connectivity index is 2.08. The molecule has 2 aromatic rings. The van der Waals surface area contributed by atoms with Crippen LogP contribution < -0.4 is 5.43 Å². The number of hydrogen-bond acceptors (Lipinski definition) is 3. The molecule has 2 N–H and O–H groups in total. The van der Waals surface area contributed by atoms with Gasteiger partial charge in [-0.05, 0) is 18.2 Å². The molecule has 0 fully saturated rings. The van der Waals surface area contributed by atoms with Crippen molar-refractivity contribution >= 4 is 46.7 Å². The molecule has 0 aliphatic heterocycles. The predicted octanol–water partition coefficient (Wildman–Crippen LogP) is 3.82. The highest BCUT2D eigenvalue weighted by Crippen LogP contribution is 2.19. The molecule has 2 rings (SSSR count). The van der Waals surface area contributed by atoms with Crippen molar-refractivity contribution in [3.63, 3.8) is 0 Å². The van der Waals surface area contributed by atoms with Crippen LogP contribution in [0.3, 0.4) is 0 Å². The maximum absolute atomic E-state index is 5.82. The Hall–Kier alpha value is -1.23. The molecule has 0 radical (unpaired) electrons. The Morgan fingerprint density at radius 2 is 2.12 bits per heavy atom. The van der Waals surface area contributed by atoms with Gasteiger partial charge in [-0.3, -0.25) is 10.5 Å². The van der Waals surface area contributed by atoms with E-state index in [9.17, 15) is 0 Å². The first-order chi connectivity index (χ1) is 8.16. The number of anilines is 1. The molecule has 0 saturated carbocycles. The molecule has 0 spiro atoms. The van der Waals surface area contributed by atoms with Gasteiger partial charge in [0.2, 0.25) is 0 Å². The number of nitrogens with one attached hydrogen (secondary N) is 2. The lowest BCUT2D eigenvalue weighted by Crippen LogP contribution is -1.90. The Morgan fingerprint density at radius 1 is 1.29 bits per heavy atom. The summed E-state index contributed by atoms with van der Waals surface area (Å²) in [6, 6.07) is 7.18. The topological polar surface area (TPSA) is 53.1 Å². The maximum atomic E-state index is 5.82. The third-order valence-electron chi connectivity index (χ3n) is 1.92. The average Bonchev–Trinajstić information content (AvgIpc) is 2.61. The lowest BCUT2D eigenvalue weighted by Gasteiger charge is -1.99. The SMILES string of the molecule is Clc1cccc(NN=Cc2c(Cl)n[nH]c2Cl)c1. The van der Waals surface area contributed by atoms with E-state index in [2.05, 4.69) is 20.7 Å². The molecule has 0 unspecified atom stereocenters. The number of benzene rings is 1. The molecule has 7 heteroatoms. The molecule has 0 aliphatic carbocycles. The monoisotopic (exact) mass is 288 g/mol. The fraction of sp³-hybridized carbons (Fsp3) is 0. The standard InChI is InChI=1S/C10H7Cl3N4/c11-6-2-1-3-7(4-6)15-14-5-8-9(12)16-17-10(8)13/h1-5,15H,(H,16,17). The predicted molar refractivity (Wildman–Crippen MR) is 71.3 cm³/mol. The molecule has 0 atom stereocenters. The molecular formula is C10H7Cl3N4. The normalized spacial score (nSPS) is 11.0. The lowest BCUT2D eigenvalue weighted by molar-refractivity contribution is 1.09. The summed E-state index contributed by atoms with van der Waals surface area (Å²) < 4.78 is 0. The van der Waals surface area contributed by atoms with Crippen molar-refractivity contribution in [2.45, 2.75) is 0 Å². The number of hydrogen-bond donors (Lipinski definition) is 2. The van der Waals surface area contributed by atoms with Crippen LogP contribution in [0.15, 0.2) is 29.4 Å². The molecule has 0 amide bonds. The maximum Gasteiger partial charge on any atom is 0.161 e. The van der Waals surface area contributed by atoms with Crippen molar-refractivity contribution in [3.8, 4) is 0 Å². The summed E-state index contributed by atoms with van der Waals surface area (Å²) in [5.41, 5.74) is 4.10. The van der Waals surface area contributed by atoms with Gasteiger partial charge in [0, 0.05) is 5.02 Å². The average molecular weight is 290 g/mol.